The Balaban J connectivity index is 0. The van der Waals surface area contributed by atoms with Crippen LogP contribution >= 0.6 is 0 Å². The molecule has 36 valence electrons. The molecule has 0 spiro atoms. The molecule has 7 heavy (non-hydrogen) atoms. The number of rotatable bonds is 3. The summed E-state index contributed by atoms with van der Waals surface area (Å²) in [6.45, 7) is 8.05. The first kappa shape index (κ1) is 10.6. The molecule has 0 N–H and O–H groups in total. The molecule has 0 unspecified atom stereocenters. The molecule has 1 nitrogen and oxygen atoms in total. The van der Waals surface area contributed by atoms with Crippen LogP contribution in [0.15, 0.2) is 12.7 Å². The van der Waals surface area contributed by atoms with Crippen molar-refractivity contribution in [3.8, 4) is 0 Å². The maximum Gasteiger partial charge on any atom is 1.00 e. The molecule has 0 aromatic carbocycles. The monoisotopic (exact) mass is 108 g/mol. The predicted molar refractivity (Wildman–Crippen MR) is 26.4 cm³/mol. The van der Waals surface area contributed by atoms with E-state index in [4.69, 9.17) is 4.74 Å². The fraction of sp³-hybridized carbons (Fsp3) is 0.400. The standard InChI is InChI=1S/C5H9O.Na/c1-3-5-6-4-2;/h3H,1-2,4-5H2;/q-1;+1. The molecule has 0 radical (unpaired) electrons. The summed E-state index contributed by atoms with van der Waals surface area (Å²) in [5.41, 5.74) is 0. The molecule has 2 heteroatoms. The Hall–Kier alpha value is 0.700. The van der Waals surface area contributed by atoms with E-state index < -0.39 is 0 Å². The van der Waals surface area contributed by atoms with Gasteiger partial charge in [-0.25, -0.2) is 0 Å². The van der Waals surface area contributed by atoms with Gasteiger partial charge in [0.05, 0.1) is 6.61 Å². The first-order valence-corrected chi connectivity index (χ1v) is 1.89. The average Bonchev–Trinajstić information content (AvgIpc) is 1.61. The zero-order chi connectivity index (χ0) is 4.83. The van der Waals surface area contributed by atoms with Crippen LogP contribution in [0, 0.1) is 6.92 Å². The summed E-state index contributed by atoms with van der Waals surface area (Å²) in [4.78, 5) is 0. The molecule has 0 heterocycles. The van der Waals surface area contributed by atoms with Gasteiger partial charge in [0.15, 0.2) is 0 Å². The van der Waals surface area contributed by atoms with Crippen LogP contribution in [0.4, 0.5) is 0 Å². The van der Waals surface area contributed by atoms with Crippen LogP contribution in [0.3, 0.4) is 0 Å². The van der Waals surface area contributed by atoms with Crippen molar-refractivity contribution in [3.05, 3.63) is 19.6 Å². The Labute approximate surface area is 67.0 Å². The Morgan fingerprint density at radius 1 is 1.71 bits per heavy atom. The SMILES string of the molecule is C=CCOC[CH2-].[Na+]. The van der Waals surface area contributed by atoms with Crippen molar-refractivity contribution in [2.24, 2.45) is 0 Å². The maximum atomic E-state index is 4.75. The van der Waals surface area contributed by atoms with Gasteiger partial charge in [-0.05, 0) is 0 Å². The van der Waals surface area contributed by atoms with Crippen LogP contribution in [0.5, 0.6) is 0 Å². The van der Waals surface area contributed by atoms with Crippen molar-refractivity contribution < 1.29 is 34.3 Å². The van der Waals surface area contributed by atoms with Gasteiger partial charge in [0.2, 0.25) is 0 Å². The van der Waals surface area contributed by atoms with Gasteiger partial charge >= 0.3 is 29.6 Å². The first-order chi connectivity index (χ1) is 2.91. The Kier molecular flexibility index (Phi) is 15.0. The van der Waals surface area contributed by atoms with Crippen LogP contribution in [-0.4, -0.2) is 13.2 Å². The Bertz CT molecular complexity index is 37.1. The predicted octanol–water partition coefficient (Wildman–Crippen LogP) is -1.97. The van der Waals surface area contributed by atoms with E-state index in [2.05, 4.69) is 13.5 Å². The third-order valence-electron chi connectivity index (χ3n) is 0.380. The topological polar surface area (TPSA) is 9.23 Å². The Morgan fingerprint density at radius 2 is 2.29 bits per heavy atom. The van der Waals surface area contributed by atoms with E-state index >= 15 is 0 Å². The van der Waals surface area contributed by atoms with E-state index in [9.17, 15) is 0 Å². The summed E-state index contributed by atoms with van der Waals surface area (Å²) in [5, 5.41) is 0. The molecule has 0 bridgehead atoms. The Morgan fingerprint density at radius 3 is 2.43 bits per heavy atom. The van der Waals surface area contributed by atoms with Crippen LogP contribution in [-0.2, 0) is 4.74 Å². The van der Waals surface area contributed by atoms with Gasteiger partial charge < -0.3 is 11.7 Å². The van der Waals surface area contributed by atoms with Crippen LogP contribution in [0.1, 0.15) is 0 Å². The number of hydrogen-bond donors (Lipinski definition) is 0. The van der Waals surface area contributed by atoms with Crippen LogP contribution in [0.25, 0.3) is 0 Å². The van der Waals surface area contributed by atoms with Crippen molar-refractivity contribution in [3.63, 3.8) is 0 Å². The molecule has 0 aliphatic carbocycles. The van der Waals surface area contributed by atoms with Crippen molar-refractivity contribution in [1.82, 2.24) is 0 Å². The van der Waals surface area contributed by atoms with Crippen LogP contribution in [0.2, 0.25) is 0 Å². The van der Waals surface area contributed by atoms with Crippen molar-refractivity contribution in [2.75, 3.05) is 13.2 Å². The zero-order valence-electron chi connectivity index (χ0n) is 4.81. The molecule has 0 aromatic rings. The summed E-state index contributed by atoms with van der Waals surface area (Å²) in [6, 6.07) is 0. The van der Waals surface area contributed by atoms with E-state index in [0.717, 1.165) is 0 Å². The summed E-state index contributed by atoms with van der Waals surface area (Å²) in [7, 11) is 0. The molecule has 0 fully saturated rings. The van der Waals surface area contributed by atoms with E-state index in [0.29, 0.717) is 13.2 Å². The molecule has 0 atom stereocenters. The minimum atomic E-state index is 0. The van der Waals surface area contributed by atoms with E-state index in [-0.39, 0.29) is 29.6 Å². The molecule has 0 aliphatic rings. The fourth-order valence-corrected chi connectivity index (χ4v) is 0.167. The largest absolute Gasteiger partial charge is 1.00 e. The van der Waals surface area contributed by atoms with Gasteiger partial charge in [-0.2, -0.15) is 0 Å². The number of hydrogen-bond acceptors (Lipinski definition) is 1. The summed E-state index contributed by atoms with van der Waals surface area (Å²) >= 11 is 0. The van der Waals surface area contributed by atoms with Gasteiger partial charge in [0.25, 0.3) is 0 Å². The molecule has 0 aromatic heterocycles. The zero-order valence-corrected chi connectivity index (χ0v) is 6.81. The van der Waals surface area contributed by atoms with Gasteiger partial charge in [-0.1, -0.05) is 12.7 Å². The second kappa shape index (κ2) is 9.85. The van der Waals surface area contributed by atoms with Crippen molar-refractivity contribution >= 4 is 0 Å². The van der Waals surface area contributed by atoms with Gasteiger partial charge in [-0.3, -0.25) is 0 Å². The molecule has 0 aliphatic heterocycles. The third-order valence-corrected chi connectivity index (χ3v) is 0.380. The second-order valence-electron chi connectivity index (χ2n) is 0.864. The van der Waals surface area contributed by atoms with Crippen LogP contribution < -0.4 is 29.6 Å². The molecular weight excluding hydrogens is 99.0 g/mol. The maximum absolute atomic E-state index is 4.75. The second-order valence-corrected chi connectivity index (χ2v) is 0.864. The molecule has 0 amide bonds. The van der Waals surface area contributed by atoms with E-state index in [1.54, 1.807) is 6.08 Å². The fourth-order valence-electron chi connectivity index (χ4n) is 0.167. The molecule has 0 saturated carbocycles. The van der Waals surface area contributed by atoms with Crippen molar-refractivity contribution in [1.29, 1.82) is 0 Å². The van der Waals surface area contributed by atoms with Crippen molar-refractivity contribution in [2.45, 2.75) is 0 Å². The normalized spacial score (nSPS) is 7.00. The molecule has 0 rings (SSSR count). The number of ether oxygens (including phenoxy) is 1. The average molecular weight is 108 g/mol. The van der Waals surface area contributed by atoms with Gasteiger partial charge in [0.1, 0.15) is 0 Å². The quantitative estimate of drug-likeness (QED) is 0.176. The molecule has 0 saturated heterocycles. The smallest absolute Gasteiger partial charge is 0.409 e. The summed E-state index contributed by atoms with van der Waals surface area (Å²) < 4.78 is 4.75. The van der Waals surface area contributed by atoms with E-state index in [1.165, 1.54) is 0 Å². The molecular formula is C5H9NaO. The van der Waals surface area contributed by atoms with Gasteiger partial charge in [-0.15, -0.1) is 6.58 Å². The minimum Gasteiger partial charge on any atom is -0.409 e. The van der Waals surface area contributed by atoms with Gasteiger partial charge in [0, 0.05) is 0 Å². The minimum absolute atomic E-state index is 0. The summed E-state index contributed by atoms with van der Waals surface area (Å²) in [5.74, 6) is 0. The third kappa shape index (κ3) is 10.8. The van der Waals surface area contributed by atoms with E-state index in [1.807, 2.05) is 0 Å². The summed E-state index contributed by atoms with van der Waals surface area (Å²) in [6.07, 6.45) is 1.70. The first-order valence-electron chi connectivity index (χ1n) is 1.89.